The van der Waals surface area contributed by atoms with E-state index in [1.165, 1.54) is 17.8 Å². The van der Waals surface area contributed by atoms with E-state index in [9.17, 15) is 8.60 Å². The van der Waals surface area contributed by atoms with Gasteiger partial charge in [0.2, 0.25) is 0 Å². The molecule has 5 heteroatoms. The van der Waals surface area contributed by atoms with Crippen molar-refractivity contribution in [3.05, 3.63) is 59.9 Å². The van der Waals surface area contributed by atoms with Gasteiger partial charge in [-0.3, -0.25) is 4.21 Å². The summed E-state index contributed by atoms with van der Waals surface area (Å²) in [6.45, 7) is 2.88. The van der Waals surface area contributed by atoms with Crippen molar-refractivity contribution in [1.82, 2.24) is 5.32 Å². The Bertz CT molecular complexity index is 631. The van der Waals surface area contributed by atoms with Gasteiger partial charge in [0.05, 0.1) is 0 Å². The maximum absolute atomic E-state index is 13.5. The van der Waals surface area contributed by atoms with Gasteiger partial charge in [0.15, 0.2) is 0 Å². The largest absolute Gasteiger partial charge is 0.309 e. The summed E-state index contributed by atoms with van der Waals surface area (Å²) in [5, 5.41) is 3.42. The van der Waals surface area contributed by atoms with Crippen LogP contribution in [-0.2, 0) is 10.8 Å². The Balaban J connectivity index is 1.79. The van der Waals surface area contributed by atoms with E-state index in [1.54, 1.807) is 18.4 Å². The number of rotatable bonds is 7. The fourth-order valence-electron chi connectivity index (χ4n) is 2.06. The summed E-state index contributed by atoms with van der Waals surface area (Å²) >= 11 is 1.51. The molecule has 1 N–H and O–H groups in total. The molecule has 2 atom stereocenters. The predicted octanol–water partition coefficient (Wildman–Crippen LogP) is 4.01. The lowest BCUT2D eigenvalue weighted by Gasteiger charge is -2.14. The number of hydrogen-bond donors (Lipinski definition) is 1. The first-order valence-electron chi connectivity index (χ1n) is 7.12. The summed E-state index contributed by atoms with van der Waals surface area (Å²) in [5.41, 5.74) is 1.16. The molecule has 0 aliphatic carbocycles. The van der Waals surface area contributed by atoms with Crippen LogP contribution < -0.4 is 5.32 Å². The summed E-state index contributed by atoms with van der Waals surface area (Å²) in [4.78, 5) is 1.53. The zero-order valence-corrected chi connectivity index (χ0v) is 14.3. The van der Waals surface area contributed by atoms with E-state index in [1.807, 2.05) is 30.3 Å². The predicted molar refractivity (Wildman–Crippen MR) is 92.3 cm³/mol. The Hall–Kier alpha value is -1.17. The second kappa shape index (κ2) is 8.46. The van der Waals surface area contributed by atoms with E-state index in [0.29, 0.717) is 4.90 Å². The standard InChI is InChI=1S/C17H20FNOS2/c1-13(14-7-9-15(10-8-14)22(2)20)19-11-12-21-17-6-4-3-5-16(17)18/h3-10,13,19H,11-12H2,1-2H3/t13-,22-/m0/s1. The van der Waals surface area contributed by atoms with Gasteiger partial charge in [-0.15, -0.1) is 11.8 Å². The van der Waals surface area contributed by atoms with E-state index in [2.05, 4.69) is 12.2 Å². The first kappa shape index (κ1) is 17.2. The minimum absolute atomic E-state index is 0.163. The molecule has 0 aliphatic heterocycles. The van der Waals surface area contributed by atoms with Crippen molar-refractivity contribution in [2.45, 2.75) is 22.8 Å². The van der Waals surface area contributed by atoms with Gasteiger partial charge >= 0.3 is 0 Å². The quantitative estimate of drug-likeness (QED) is 0.611. The molecule has 0 saturated heterocycles. The molecule has 0 bridgehead atoms. The zero-order valence-electron chi connectivity index (χ0n) is 12.7. The van der Waals surface area contributed by atoms with Gasteiger partial charge in [-0.25, -0.2) is 4.39 Å². The molecule has 0 aliphatic rings. The highest BCUT2D eigenvalue weighted by Gasteiger charge is 2.06. The lowest BCUT2D eigenvalue weighted by Crippen LogP contribution is -2.21. The topological polar surface area (TPSA) is 29.1 Å². The highest BCUT2D eigenvalue weighted by Crippen LogP contribution is 2.21. The van der Waals surface area contributed by atoms with Crippen molar-refractivity contribution in [3.63, 3.8) is 0 Å². The van der Waals surface area contributed by atoms with Gasteiger partial charge in [-0.2, -0.15) is 0 Å². The van der Waals surface area contributed by atoms with Crippen LogP contribution in [0.4, 0.5) is 4.39 Å². The first-order valence-corrected chi connectivity index (χ1v) is 9.66. The minimum Gasteiger partial charge on any atom is -0.309 e. The molecule has 0 heterocycles. The average molecular weight is 337 g/mol. The minimum atomic E-state index is -0.940. The Kier molecular flexibility index (Phi) is 6.61. The summed E-state index contributed by atoms with van der Waals surface area (Å²) in [7, 11) is -0.940. The highest BCUT2D eigenvalue weighted by molar-refractivity contribution is 7.99. The molecule has 118 valence electrons. The van der Waals surface area contributed by atoms with Crippen LogP contribution in [0, 0.1) is 5.82 Å². The van der Waals surface area contributed by atoms with Crippen LogP contribution in [0.25, 0.3) is 0 Å². The molecule has 0 radical (unpaired) electrons. The SMILES string of the molecule is C[C@H](NCCSc1ccccc1F)c1ccc([S@](C)=O)cc1. The van der Waals surface area contributed by atoms with Gasteiger partial charge in [0, 0.05) is 45.2 Å². The fourth-order valence-corrected chi connectivity index (χ4v) is 3.40. The van der Waals surface area contributed by atoms with Gasteiger partial charge in [-0.05, 0) is 36.8 Å². The maximum Gasteiger partial charge on any atom is 0.136 e. The Labute approximate surface area is 138 Å². The number of halogens is 1. The summed E-state index contributed by atoms with van der Waals surface area (Å²) in [6.07, 6.45) is 1.68. The van der Waals surface area contributed by atoms with Crippen molar-refractivity contribution < 1.29 is 8.60 Å². The molecule has 0 aromatic heterocycles. The lowest BCUT2D eigenvalue weighted by molar-refractivity contribution is 0.596. The Morgan fingerprint density at radius 1 is 1.18 bits per heavy atom. The molecular weight excluding hydrogens is 317 g/mol. The molecule has 0 unspecified atom stereocenters. The Morgan fingerprint density at radius 2 is 1.86 bits per heavy atom. The van der Waals surface area contributed by atoms with Gasteiger partial charge < -0.3 is 5.32 Å². The van der Waals surface area contributed by atoms with Crippen molar-refractivity contribution in [3.8, 4) is 0 Å². The number of benzene rings is 2. The van der Waals surface area contributed by atoms with E-state index < -0.39 is 10.8 Å². The molecule has 22 heavy (non-hydrogen) atoms. The van der Waals surface area contributed by atoms with Crippen LogP contribution in [0.15, 0.2) is 58.3 Å². The molecule has 2 aromatic carbocycles. The van der Waals surface area contributed by atoms with Gasteiger partial charge in [-0.1, -0.05) is 24.3 Å². The third-order valence-electron chi connectivity index (χ3n) is 3.36. The molecule has 2 nitrogen and oxygen atoms in total. The number of nitrogens with one attached hydrogen (secondary N) is 1. The van der Waals surface area contributed by atoms with Crippen LogP contribution in [0.3, 0.4) is 0 Å². The number of thioether (sulfide) groups is 1. The summed E-state index contributed by atoms with van der Waals surface area (Å²) in [6, 6.07) is 14.8. The molecular formula is C17H20FNOS2. The van der Waals surface area contributed by atoms with E-state index >= 15 is 0 Å². The fraction of sp³-hybridized carbons (Fsp3) is 0.294. The number of hydrogen-bond acceptors (Lipinski definition) is 3. The second-order valence-corrected chi connectivity index (χ2v) is 7.49. The lowest BCUT2D eigenvalue weighted by atomic mass is 10.1. The normalized spacial score (nSPS) is 13.8. The van der Waals surface area contributed by atoms with Gasteiger partial charge in [0.1, 0.15) is 5.82 Å². The van der Waals surface area contributed by atoms with E-state index in [4.69, 9.17) is 0 Å². The third kappa shape index (κ3) is 4.93. The molecule has 2 aromatic rings. The second-order valence-electron chi connectivity index (χ2n) is 4.98. The highest BCUT2D eigenvalue weighted by atomic mass is 32.2. The smallest absolute Gasteiger partial charge is 0.136 e. The van der Waals surface area contributed by atoms with Crippen molar-refractivity contribution >= 4 is 22.6 Å². The molecule has 0 amide bonds. The molecule has 0 saturated carbocycles. The summed E-state index contributed by atoms with van der Waals surface area (Å²) < 4.78 is 24.8. The van der Waals surface area contributed by atoms with Crippen LogP contribution >= 0.6 is 11.8 Å². The van der Waals surface area contributed by atoms with E-state index in [0.717, 1.165) is 22.8 Å². The van der Waals surface area contributed by atoms with Crippen LogP contribution in [0.5, 0.6) is 0 Å². The van der Waals surface area contributed by atoms with Crippen molar-refractivity contribution in [2.24, 2.45) is 0 Å². The average Bonchev–Trinajstić information content (AvgIpc) is 2.53. The monoisotopic (exact) mass is 337 g/mol. The first-order chi connectivity index (χ1) is 10.6. The van der Waals surface area contributed by atoms with Crippen molar-refractivity contribution in [2.75, 3.05) is 18.6 Å². The third-order valence-corrected chi connectivity index (χ3v) is 5.35. The summed E-state index contributed by atoms with van der Waals surface area (Å²) in [5.74, 6) is 0.645. The van der Waals surface area contributed by atoms with Crippen molar-refractivity contribution in [1.29, 1.82) is 0 Å². The molecule has 0 spiro atoms. The zero-order chi connectivity index (χ0) is 15.9. The van der Waals surface area contributed by atoms with E-state index in [-0.39, 0.29) is 11.9 Å². The van der Waals surface area contributed by atoms with Gasteiger partial charge in [0.25, 0.3) is 0 Å². The van der Waals surface area contributed by atoms with Crippen LogP contribution in [0.1, 0.15) is 18.5 Å². The maximum atomic E-state index is 13.5. The molecule has 0 fully saturated rings. The Morgan fingerprint density at radius 3 is 2.50 bits per heavy atom. The van der Waals surface area contributed by atoms with Crippen LogP contribution in [-0.4, -0.2) is 22.8 Å². The molecule has 2 rings (SSSR count). The van der Waals surface area contributed by atoms with Crippen LogP contribution in [0.2, 0.25) is 0 Å².